The lowest BCUT2D eigenvalue weighted by Crippen LogP contribution is -2.60. The first-order valence-electron chi connectivity index (χ1n) is 5.38. The molecule has 0 aliphatic carbocycles. The maximum absolute atomic E-state index is 3.42. The van der Waals surface area contributed by atoms with Crippen LogP contribution in [0, 0.1) is 0 Å². The molecule has 0 saturated carbocycles. The van der Waals surface area contributed by atoms with Crippen molar-refractivity contribution >= 4 is 0 Å². The van der Waals surface area contributed by atoms with Gasteiger partial charge >= 0.3 is 0 Å². The van der Waals surface area contributed by atoms with E-state index < -0.39 is 0 Å². The largest absolute Gasteiger partial charge is 0.317 e. The molecular formula is C10H21N3. The Kier molecular flexibility index (Phi) is 2.86. The highest BCUT2D eigenvalue weighted by Gasteiger charge is 2.31. The van der Waals surface area contributed by atoms with Crippen molar-refractivity contribution in [2.24, 2.45) is 0 Å². The van der Waals surface area contributed by atoms with Crippen molar-refractivity contribution in [2.45, 2.75) is 24.9 Å². The van der Waals surface area contributed by atoms with Gasteiger partial charge in [0.05, 0.1) is 0 Å². The van der Waals surface area contributed by atoms with Gasteiger partial charge in [0.2, 0.25) is 0 Å². The fraction of sp³-hybridized carbons (Fsp3) is 1.00. The van der Waals surface area contributed by atoms with Crippen molar-refractivity contribution in [3.63, 3.8) is 0 Å². The third kappa shape index (κ3) is 2.03. The van der Waals surface area contributed by atoms with E-state index in [2.05, 4.69) is 29.2 Å². The van der Waals surface area contributed by atoms with Crippen LogP contribution in [0.4, 0.5) is 0 Å². The van der Waals surface area contributed by atoms with Gasteiger partial charge in [0.1, 0.15) is 0 Å². The molecule has 0 spiro atoms. The number of piperidine rings is 1. The predicted octanol–water partition coefficient (Wildman–Crippen LogP) is -0.0158. The smallest absolute Gasteiger partial charge is 0.0350 e. The lowest BCUT2D eigenvalue weighted by molar-refractivity contribution is 0.0331. The molecule has 2 saturated heterocycles. The number of likely N-dealkylation sites (N-methyl/N-ethyl adjacent to an activating group) is 2. The van der Waals surface area contributed by atoms with E-state index in [0.717, 1.165) is 12.1 Å². The molecule has 2 aliphatic heterocycles. The number of hydrogen-bond acceptors (Lipinski definition) is 3. The van der Waals surface area contributed by atoms with E-state index in [-0.39, 0.29) is 0 Å². The van der Waals surface area contributed by atoms with Gasteiger partial charge in [-0.1, -0.05) is 0 Å². The molecular weight excluding hydrogens is 162 g/mol. The number of nitrogens with zero attached hydrogens (tertiary/aromatic N) is 2. The van der Waals surface area contributed by atoms with Crippen molar-refractivity contribution in [1.82, 2.24) is 15.1 Å². The summed E-state index contributed by atoms with van der Waals surface area (Å²) in [5.74, 6) is 0. The molecule has 0 atom stereocenters. The molecule has 2 fully saturated rings. The van der Waals surface area contributed by atoms with Gasteiger partial charge in [-0.15, -0.1) is 0 Å². The molecule has 3 heteroatoms. The second kappa shape index (κ2) is 3.95. The summed E-state index contributed by atoms with van der Waals surface area (Å²) in [7, 11) is 4.50. The Morgan fingerprint density at radius 2 is 1.77 bits per heavy atom. The van der Waals surface area contributed by atoms with Crippen LogP contribution in [0.1, 0.15) is 12.8 Å². The first-order valence-corrected chi connectivity index (χ1v) is 5.38. The molecule has 76 valence electrons. The Bertz CT molecular complexity index is 160. The normalized spacial score (nSPS) is 27.9. The summed E-state index contributed by atoms with van der Waals surface area (Å²) < 4.78 is 0. The summed E-state index contributed by atoms with van der Waals surface area (Å²) in [6, 6.07) is 1.66. The average molecular weight is 183 g/mol. The minimum atomic E-state index is 0.827. The monoisotopic (exact) mass is 183 g/mol. The molecule has 0 aromatic rings. The molecule has 3 nitrogen and oxygen atoms in total. The zero-order valence-electron chi connectivity index (χ0n) is 8.79. The van der Waals surface area contributed by atoms with Gasteiger partial charge < -0.3 is 10.2 Å². The highest BCUT2D eigenvalue weighted by atomic mass is 15.3. The van der Waals surface area contributed by atoms with E-state index in [1.807, 2.05) is 0 Å². The molecule has 1 N–H and O–H groups in total. The van der Waals surface area contributed by atoms with Crippen LogP contribution in [0.3, 0.4) is 0 Å². The minimum absolute atomic E-state index is 0.827. The lowest BCUT2D eigenvalue weighted by atomic mass is 10.0. The van der Waals surface area contributed by atoms with E-state index in [1.165, 1.54) is 39.0 Å². The van der Waals surface area contributed by atoms with Gasteiger partial charge in [-0.05, 0) is 40.0 Å². The number of likely N-dealkylation sites (tertiary alicyclic amines) is 1. The topological polar surface area (TPSA) is 18.5 Å². The van der Waals surface area contributed by atoms with E-state index in [1.54, 1.807) is 0 Å². The number of hydrogen-bond donors (Lipinski definition) is 1. The summed E-state index contributed by atoms with van der Waals surface area (Å²) in [4.78, 5) is 4.99. The van der Waals surface area contributed by atoms with Gasteiger partial charge in [-0.25, -0.2) is 0 Å². The van der Waals surface area contributed by atoms with Crippen molar-refractivity contribution in [2.75, 3.05) is 40.3 Å². The third-order valence-electron chi connectivity index (χ3n) is 3.51. The van der Waals surface area contributed by atoms with Crippen LogP contribution in [-0.2, 0) is 0 Å². The molecule has 2 rings (SSSR count). The Balaban J connectivity index is 1.78. The highest BCUT2D eigenvalue weighted by molar-refractivity contribution is 4.89. The molecule has 13 heavy (non-hydrogen) atoms. The SMILES string of the molecule is CN1CC(N(C)C2CCNCC2)C1. The summed E-state index contributed by atoms with van der Waals surface area (Å²) in [5.41, 5.74) is 0. The lowest BCUT2D eigenvalue weighted by Gasteiger charge is -2.46. The molecule has 2 aliphatic rings. The van der Waals surface area contributed by atoms with Crippen LogP contribution < -0.4 is 5.32 Å². The maximum Gasteiger partial charge on any atom is 0.0350 e. The molecule has 0 aromatic carbocycles. The van der Waals surface area contributed by atoms with Crippen molar-refractivity contribution in [3.05, 3.63) is 0 Å². The number of nitrogens with one attached hydrogen (secondary N) is 1. The van der Waals surface area contributed by atoms with Crippen LogP contribution in [0.15, 0.2) is 0 Å². The highest BCUT2D eigenvalue weighted by Crippen LogP contribution is 2.18. The van der Waals surface area contributed by atoms with Crippen LogP contribution in [0.25, 0.3) is 0 Å². The molecule has 0 radical (unpaired) electrons. The minimum Gasteiger partial charge on any atom is -0.317 e. The fourth-order valence-corrected chi connectivity index (χ4v) is 2.44. The second-order valence-electron chi connectivity index (χ2n) is 4.52. The van der Waals surface area contributed by atoms with E-state index in [4.69, 9.17) is 0 Å². The molecule has 0 bridgehead atoms. The molecule has 2 heterocycles. The van der Waals surface area contributed by atoms with Crippen molar-refractivity contribution in [1.29, 1.82) is 0 Å². The number of rotatable bonds is 2. The zero-order chi connectivity index (χ0) is 9.26. The Morgan fingerprint density at radius 3 is 2.31 bits per heavy atom. The first-order chi connectivity index (χ1) is 6.27. The second-order valence-corrected chi connectivity index (χ2v) is 4.52. The van der Waals surface area contributed by atoms with Crippen LogP contribution >= 0.6 is 0 Å². The van der Waals surface area contributed by atoms with Gasteiger partial charge in [-0.2, -0.15) is 0 Å². The van der Waals surface area contributed by atoms with Gasteiger partial charge in [-0.3, -0.25) is 4.90 Å². The summed E-state index contributed by atoms with van der Waals surface area (Å²) in [5, 5.41) is 3.42. The summed E-state index contributed by atoms with van der Waals surface area (Å²) in [6.45, 7) is 4.94. The average Bonchev–Trinajstić information content (AvgIpc) is 2.13. The Hall–Kier alpha value is -0.120. The first kappa shape index (κ1) is 9.44. The summed E-state index contributed by atoms with van der Waals surface area (Å²) >= 11 is 0. The Morgan fingerprint density at radius 1 is 1.15 bits per heavy atom. The van der Waals surface area contributed by atoms with E-state index >= 15 is 0 Å². The van der Waals surface area contributed by atoms with Crippen molar-refractivity contribution in [3.8, 4) is 0 Å². The van der Waals surface area contributed by atoms with Gasteiger partial charge in [0.15, 0.2) is 0 Å². The van der Waals surface area contributed by atoms with Crippen LogP contribution in [-0.4, -0.2) is 62.2 Å². The standard InChI is InChI=1S/C10H21N3/c1-12-7-10(8-12)13(2)9-3-5-11-6-4-9/h9-11H,3-8H2,1-2H3. The van der Waals surface area contributed by atoms with E-state index in [9.17, 15) is 0 Å². The van der Waals surface area contributed by atoms with Gasteiger partial charge in [0, 0.05) is 25.2 Å². The predicted molar refractivity (Wildman–Crippen MR) is 54.9 cm³/mol. The third-order valence-corrected chi connectivity index (χ3v) is 3.51. The zero-order valence-corrected chi connectivity index (χ0v) is 8.79. The molecule has 0 unspecified atom stereocenters. The van der Waals surface area contributed by atoms with E-state index in [0.29, 0.717) is 0 Å². The quantitative estimate of drug-likeness (QED) is 0.649. The van der Waals surface area contributed by atoms with Crippen LogP contribution in [0.5, 0.6) is 0 Å². The van der Waals surface area contributed by atoms with Crippen LogP contribution in [0.2, 0.25) is 0 Å². The summed E-state index contributed by atoms with van der Waals surface area (Å²) in [6.07, 6.45) is 2.66. The fourth-order valence-electron chi connectivity index (χ4n) is 2.44. The van der Waals surface area contributed by atoms with Gasteiger partial charge in [0.25, 0.3) is 0 Å². The molecule has 0 aromatic heterocycles. The van der Waals surface area contributed by atoms with Crippen molar-refractivity contribution < 1.29 is 0 Å². The Labute approximate surface area is 81.1 Å². The maximum atomic E-state index is 3.42. The molecule has 0 amide bonds.